The Morgan fingerprint density at radius 3 is 2.61 bits per heavy atom. The molecular weight excluding hydrogens is 379 g/mol. The van der Waals surface area contributed by atoms with Crippen LogP contribution in [0.25, 0.3) is 11.3 Å². The Balaban J connectivity index is 1.63. The van der Waals surface area contributed by atoms with Gasteiger partial charge in [0.05, 0.1) is 18.1 Å². The molecule has 3 aromatic heterocycles. The number of carbonyl (C=O) groups excluding carboxylic acids is 1. The summed E-state index contributed by atoms with van der Waals surface area (Å²) in [6.07, 6.45) is 2.06. The van der Waals surface area contributed by atoms with Gasteiger partial charge in [-0.1, -0.05) is 6.07 Å². The molecule has 0 unspecified atom stereocenters. The first kappa shape index (κ1) is 19.2. The molecule has 0 bridgehead atoms. The highest BCUT2D eigenvalue weighted by Crippen LogP contribution is 2.23. The minimum absolute atomic E-state index is 0.0423. The van der Waals surface area contributed by atoms with E-state index in [0.717, 1.165) is 17.8 Å². The van der Waals surface area contributed by atoms with Crippen molar-refractivity contribution < 1.29 is 27.5 Å². The lowest BCUT2D eigenvalue weighted by atomic mass is 10.2. The van der Waals surface area contributed by atoms with Gasteiger partial charge in [-0.05, 0) is 17.7 Å². The molecular formula is C17H12F3N5O3. The van der Waals surface area contributed by atoms with Gasteiger partial charge in [-0.25, -0.2) is 15.4 Å². The predicted octanol–water partition coefficient (Wildman–Crippen LogP) is 2.69. The monoisotopic (exact) mass is 391 g/mol. The molecule has 0 aromatic carbocycles. The molecule has 0 aliphatic carbocycles. The fourth-order valence-electron chi connectivity index (χ4n) is 2.05. The first-order chi connectivity index (χ1) is 13.4. The van der Waals surface area contributed by atoms with Crippen LogP contribution in [0, 0.1) is 0 Å². The Bertz CT molecular complexity index is 937. The zero-order valence-corrected chi connectivity index (χ0v) is 14.1. The summed E-state index contributed by atoms with van der Waals surface area (Å²) in [7, 11) is 0. The number of amides is 1. The van der Waals surface area contributed by atoms with Crippen molar-refractivity contribution in [1.29, 1.82) is 0 Å². The Hall–Kier alpha value is -3.60. The number of nitrogens with one attached hydrogen (secondary N) is 1. The van der Waals surface area contributed by atoms with Crippen molar-refractivity contribution in [2.24, 2.45) is 0 Å². The number of halogens is 3. The van der Waals surface area contributed by atoms with Gasteiger partial charge in [-0.2, -0.15) is 0 Å². The number of hydroxylamine groups is 1. The molecule has 0 saturated heterocycles. The molecule has 3 aromatic rings. The van der Waals surface area contributed by atoms with Gasteiger partial charge in [-0.15, -0.1) is 13.2 Å². The molecule has 0 radical (unpaired) electrons. The molecule has 1 amide bonds. The number of carbonyl (C=O) groups is 1. The summed E-state index contributed by atoms with van der Waals surface area (Å²) in [5, 5.41) is 0. The van der Waals surface area contributed by atoms with Crippen LogP contribution in [0.3, 0.4) is 0 Å². The fourth-order valence-corrected chi connectivity index (χ4v) is 2.05. The lowest BCUT2D eigenvalue weighted by molar-refractivity contribution is -0.276. The van der Waals surface area contributed by atoms with Crippen LogP contribution in [0.2, 0.25) is 0 Å². The number of alkyl halides is 3. The van der Waals surface area contributed by atoms with E-state index in [0.29, 0.717) is 5.56 Å². The van der Waals surface area contributed by atoms with Gasteiger partial charge in [0.2, 0.25) is 5.88 Å². The second-order valence-corrected chi connectivity index (χ2v) is 5.30. The summed E-state index contributed by atoms with van der Waals surface area (Å²) in [4.78, 5) is 32.7. The Morgan fingerprint density at radius 2 is 1.93 bits per heavy atom. The van der Waals surface area contributed by atoms with Gasteiger partial charge < -0.3 is 4.74 Å². The topological polar surface area (TPSA) is 99.1 Å². The molecule has 0 saturated carbocycles. The summed E-state index contributed by atoms with van der Waals surface area (Å²) in [6, 6.07) is 5.86. The van der Waals surface area contributed by atoms with Gasteiger partial charge in [0.1, 0.15) is 12.3 Å². The van der Waals surface area contributed by atoms with Gasteiger partial charge in [0, 0.05) is 30.2 Å². The SMILES string of the molecule is O=C(NOCc1cccnc1)c1cncc(-c2ccc(OC(F)(F)F)nc2)n1. The first-order valence-electron chi connectivity index (χ1n) is 7.76. The number of nitrogens with zero attached hydrogens (tertiary/aromatic N) is 4. The van der Waals surface area contributed by atoms with Crippen molar-refractivity contribution in [1.82, 2.24) is 25.4 Å². The molecule has 11 heteroatoms. The van der Waals surface area contributed by atoms with Gasteiger partial charge in [0.15, 0.2) is 0 Å². The van der Waals surface area contributed by atoms with Gasteiger partial charge >= 0.3 is 6.36 Å². The average Bonchev–Trinajstić information content (AvgIpc) is 2.68. The lowest BCUT2D eigenvalue weighted by Gasteiger charge is -2.08. The normalized spacial score (nSPS) is 11.1. The molecule has 0 aliphatic rings. The molecule has 0 atom stereocenters. The van der Waals surface area contributed by atoms with Crippen LogP contribution >= 0.6 is 0 Å². The quantitative estimate of drug-likeness (QED) is 0.645. The fraction of sp³-hybridized carbons (Fsp3) is 0.118. The molecule has 3 heterocycles. The third-order valence-corrected chi connectivity index (χ3v) is 3.25. The van der Waals surface area contributed by atoms with Crippen LogP contribution in [0.4, 0.5) is 13.2 Å². The molecule has 1 N–H and O–H groups in total. The predicted molar refractivity (Wildman–Crippen MR) is 88.4 cm³/mol. The highest BCUT2D eigenvalue weighted by molar-refractivity contribution is 5.91. The minimum atomic E-state index is -4.83. The van der Waals surface area contributed by atoms with Crippen molar-refractivity contribution in [3.8, 4) is 17.1 Å². The zero-order valence-electron chi connectivity index (χ0n) is 14.1. The maximum atomic E-state index is 12.2. The van der Waals surface area contributed by atoms with Gasteiger partial charge in [-0.3, -0.25) is 19.6 Å². The van der Waals surface area contributed by atoms with Crippen molar-refractivity contribution in [2.45, 2.75) is 13.0 Å². The Labute approximate surface area is 156 Å². The number of aromatic nitrogens is 4. The second-order valence-electron chi connectivity index (χ2n) is 5.30. The lowest BCUT2D eigenvalue weighted by Crippen LogP contribution is -2.24. The largest absolute Gasteiger partial charge is 0.574 e. The maximum Gasteiger partial charge on any atom is 0.574 e. The van der Waals surface area contributed by atoms with Crippen LogP contribution in [0.5, 0.6) is 5.88 Å². The smallest absolute Gasteiger partial charge is 0.388 e. The minimum Gasteiger partial charge on any atom is -0.388 e. The van der Waals surface area contributed by atoms with E-state index in [-0.39, 0.29) is 18.0 Å². The standard InChI is InChI=1S/C17H12F3N5O3/c18-17(19,20)28-15-4-3-12(7-23-15)13-8-22-9-14(24-13)16(26)25-27-10-11-2-1-5-21-6-11/h1-9H,10H2,(H,25,26). The summed E-state index contributed by atoms with van der Waals surface area (Å²) >= 11 is 0. The third-order valence-electron chi connectivity index (χ3n) is 3.25. The summed E-state index contributed by atoms with van der Waals surface area (Å²) in [5.74, 6) is -1.25. The second kappa shape index (κ2) is 8.39. The van der Waals surface area contributed by atoms with E-state index in [1.54, 1.807) is 24.5 Å². The number of ether oxygens (including phenoxy) is 1. The molecule has 28 heavy (non-hydrogen) atoms. The summed E-state index contributed by atoms with van der Waals surface area (Å²) < 4.78 is 40.2. The first-order valence-corrected chi connectivity index (χ1v) is 7.76. The number of hydrogen-bond acceptors (Lipinski definition) is 7. The van der Waals surface area contributed by atoms with E-state index >= 15 is 0 Å². The number of rotatable bonds is 6. The Kier molecular flexibility index (Phi) is 5.75. The van der Waals surface area contributed by atoms with E-state index < -0.39 is 18.1 Å². The van der Waals surface area contributed by atoms with Crippen LogP contribution < -0.4 is 10.2 Å². The van der Waals surface area contributed by atoms with Crippen LogP contribution in [-0.2, 0) is 11.4 Å². The highest BCUT2D eigenvalue weighted by Gasteiger charge is 2.31. The van der Waals surface area contributed by atoms with Gasteiger partial charge in [0.25, 0.3) is 5.91 Å². The zero-order chi connectivity index (χ0) is 20.0. The van der Waals surface area contributed by atoms with Crippen molar-refractivity contribution >= 4 is 5.91 Å². The number of hydrogen-bond donors (Lipinski definition) is 1. The number of pyridine rings is 2. The third kappa shape index (κ3) is 5.45. The molecule has 3 rings (SSSR count). The van der Waals surface area contributed by atoms with E-state index in [4.69, 9.17) is 4.84 Å². The van der Waals surface area contributed by atoms with E-state index in [2.05, 4.69) is 30.2 Å². The van der Waals surface area contributed by atoms with Crippen LogP contribution in [0.15, 0.2) is 55.2 Å². The van der Waals surface area contributed by atoms with Crippen molar-refractivity contribution in [3.63, 3.8) is 0 Å². The van der Waals surface area contributed by atoms with E-state index in [1.807, 2.05) is 0 Å². The molecule has 0 aliphatic heterocycles. The Morgan fingerprint density at radius 1 is 1.07 bits per heavy atom. The molecule has 0 fully saturated rings. The maximum absolute atomic E-state index is 12.2. The summed E-state index contributed by atoms with van der Waals surface area (Å²) in [5.41, 5.74) is 3.54. The van der Waals surface area contributed by atoms with Crippen molar-refractivity contribution in [2.75, 3.05) is 0 Å². The van der Waals surface area contributed by atoms with Crippen LogP contribution in [-0.4, -0.2) is 32.2 Å². The average molecular weight is 391 g/mol. The van der Waals surface area contributed by atoms with E-state index in [1.165, 1.54) is 18.5 Å². The van der Waals surface area contributed by atoms with Crippen molar-refractivity contribution in [3.05, 3.63) is 66.5 Å². The highest BCUT2D eigenvalue weighted by atomic mass is 19.4. The summed E-state index contributed by atoms with van der Waals surface area (Å²) in [6.45, 7) is 0.108. The molecule has 144 valence electrons. The van der Waals surface area contributed by atoms with E-state index in [9.17, 15) is 18.0 Å². The molecule has 0 spiro atoms. The van der Waals surface area contributed by atoms with Crippen LogP contribution in [0.1, 0.15) is 16.1 Å². The molecule has 8 nitrogen and oxygen atoms in total.